The first-order valence-electron chi connectivity index (χ1n) is 35.1. The minimum atomic E-state index is -0.409. The van der Waals surface area contributed by atoms with Gasteiger partial charge in [0.1, 0.15) is 0 Å². The maximum atomic E-state index is 6.91. The Morgan fingerprint density at radius 2 is 0.330 bits per heavy atom. The molecule has 0 aliphatic rings. The van der Waals surface area contributed by atoms with Crippen molar-refractivity contribution in [2.45, 2.75) is 0 Å². The quantitative estimate of drug-likeness (QED) is 0.0535. The Hall–Kier alpha value is -11.7. The van der Waals surface area contributed by atoms with Crippen molar-refractivity contribution in [3.05, 3.63) is 462 Å². The van der Waals surface area contributed by atoms with Crippen LogP contribution in [0.4, 0.5) is 0 Å². The molecule has 112 heavy (non-hydrogen) atoms. The summed E-state index contributed by atoms with van der Waals surface area (Å²) in [7, 11) is -1.63. The van der Waals surface area contributed by atoms with E-state index in [9.17, 15) is 0 Å². The van der Waals surface area contributed by atoms with Gasteiger partial charge in [-0.1, -0.05) is 291 Å². The Morgan fingerprint density at radius 1 is 0.179 bits per heavy atom. The summed E-state index contributed by atoms with van der Waals surface area (Å²) in [6.45, 7) is 0. The van der Waals surface area contributed by atoms with Crippen molar-refractivity contribution in [2.24, 2.45) is 0 Å². The van der Waals surface area contributed by atoms with Crippen molar-refractivity contribution in [1.29, 1.82) is 0 Å². The molecule has 0 radical (unpaired) electrons. The summed E-state index contributed by atoms with van der Waals surface area (Å²) in [6.07, 6.45) is 41.0. The van der Waals surface area contributed by atoms with Gasteiger partial charge in [0.2, 0.25) is 0 Å². The molecule has 14 heteroatoms. The summed E-state index contributed by atoms with van der Waals surface area (Å²) in [4.78, 5) is 33.4. The molecule has 8 aromatic carbocycles. The number of hydrogen-bond acceptors (Lipinski definition) is 8. The predicted octanol–water partition coefficient (Wildman–Crippen LogP) is 18.7. The molecule has 0 fully saturated rings. The second-order valence-electron chi connectivity index (χ2n) is 23.8. The normalized spacial score (nSPS) is 10.0. The number of pyridine rings is 8. The fourth-order valence-corrected chi connectivity index (χ4v) is 23.9. The van der Waals surface area contributed by atoms with Gasteiger partial charge in [-0.15, -0.1) is 46.5 Å². The molecule has 0 unspecified atom stereocenters. The topological polar surface area (TPSA) is 103 Å². The van der Waals surface area contributed by atoms with Crippen LogP contribution in [0.1, 0.15) is 22.3 Å². The van der Waals surface area contributed by atoms with Crippen molar-refractivity contribution in [3.8, 4) is 69.2 Å². The van der Waals surface area contributed by atoms with Gasteiger partial charge in [-0.3, -0.25) is 63.6 Å². The van der Waals surface area contributed by atoms with Crippen LogP contribution >= 0.6 is 31.7 Å². The van der Waals surface area contributed by atoms with Crippen LogP contribution in [-0.2, 0) is 42.1 Å². The maximum Gasteiger partial charge on any atom is 2.00 e. The van der Waals surface area contributed by atoms with Crippen LogP contribution in [0.25, 0.3) is 45.6 Å². The average Bonchev–Trinajstić information content (AvgIpc) is 0.817. The van der Waals surface area contributed by atoms with E-state index in [2.05, 4.69) is 306 Å². The van der Waals surface area contributed by atoms with E-state index in [4.69, 9.17) is 25.7 Å². The van der Waals surface area contributed by atoms with Crippen LogP contribution in [0.3, 0.4) is 0 Å². The molecular weight excluding hydrogens is 1800 g/mol. The van der Waals surface area contributed by atoms with Gasteiger partial charge in [-0.05, 0) is 147 Å². The van der Waals surface area contributed by atoms with Gasteiger partial charge in [0.05, 0.1) is 45.6 Å². The molecule has 0 N–H and O–H groups in total. The summed E-state index contributed by atoms with van der Waals surface area (Å²) in [5, 5.41) is 11.7. The fraction of sp³-hybridized carbons (Fsp3) is 0.0204. The van der Waals surface area contributed by atoms with E-state index in [0.717, 1.165) is 45.6 Å². The van der Waals surface area contributed by atoms with Crippen molar-refractivity contribution >= 4 is 74.1 Å². The number of hydrogen-bond donors (Lipinski definition) is 0. The van der Waals surface area contributed by atoms with E-state index in [0.29, 0.717) is 22.3 Å². The second kappa shape index (κ2) is 47.4. The molecule has 16 rings (SSSR count). The molecule has 0 saturated heterocycles. The van der Waals surface area contributed by atoms with Crippen LogP contribution in [0.15, 0.2) is 414 Å². The molecule has 8 nitrogen and oxygen atoms in total. The zero-order valence-corrected chi connectivity index (χ0v) is 68.8. The first-order valence-corrected chi connectivity index (χ1v) is 41.3. The van der Waals surface area contributed by atoms with Crippen LogP contribution in [0, 0.1) is 49.4 Å². The average molecular weight is 1880 g/mol. The summed E-state index contributed by atoms with van der Waals surface area (Å²) in [5.41, 5.74) is 9.27. The molecule has 0 amide bonds. The van der Waals surface area contributed by atoms with Crippen molar-refractivity contribution in [1.82, 2.24) is 39.9 Å². The molecule has 0 bridgehead atoms. The molecule has 0 aliphatic heterocycles. The van der Waals surface area contributed by atoms with Gasteiger partial charge in [-0.2, -0.15) is 0 Å². The summed E-state index contributed by atoms with van der Waals surface area (Å²) in [5.74, 6) is 11.4. The van der Waals surface area contributed by atoms with Crippen LogP contribution in [0.5, 0.6) is 0 Å². The summed E-state index contributed by atoms with van der Waals surface area (Å²) < 4.78 is 0. The van der Waals surface area contributed by atoms with Gasteiger partial charge in [-0.25, -0.2) is 0 Å². The molecule has 0 atom stereocenters. The Labute approximate surface area is 692 Å². The molecule has 0 saturated carbocycles. The standard InChI is InChI=1S/2C25H22P2.4C12H7N2.2Pt/c2*1-5-13-22(14-6-1)26(23-15-7-2-8-16-23)21-27(24-17-9-3-10-18-24)25-19-11-4-12-20-25;4*1-2-10-6-7-12(14-9-10)11-5-3-4-8-13-11;;/h2*1-20H,21H2;4*3-9H;;/q;;4*-1;2*+2. The van der Waals surface area contributed by atoms with E-state index >= 15 is 0 Å². The second-order valence-corrected chi connectivity index (χ2v) is 33.6. The Morgan fingerprint density at radius 3 is 0.455 bits per heavy atom. The fourth-order valence-electron chi connectivity index (χ4n) is 10.9. The van der Waals surface area contributed by atoms with E-state index in [1.807, 2.05) is 97.1 Å². The minimum Gasteiger partial charge on any atom is -0.366 e. The summed E-state index contributed by atoms with van der Waals surface area (Å²) >= 11 is 0. The van der Waals surface area contributed by atoms with E-state index in [-0.39, 0.29) is 42.1 Å². The van der Waals surface area contributed by atoms with Gasteiger partial charge in [0.15, 0.2) is 0 Å². The van der Waals surface area contributed by atoms with Crippen LogP contribution < -0.4 is 42.4 Å². The number of nitrogens with zero attached hydrogens (tertiary/aromatic N) is 8. The third kappa shape index (κ3) is 26.2. The molecule has 544 valence electrons. The van der Waals surface area contributed by atoms with Crippen molar-refractivity contribution in [2.75, 3.05) is 11.8 Å². The van der Waals surface area contributed by atoms with E-state index in [1.54, 1.807) is 73.8 Å². The molecule has 8 heterocycles. The van der Waals surface area contributed by atoms with Gasteiger partial charge in [0.25, 0.3) is 0 Å². The molecule has 8 aromatic heterocycles. The zero-order valence-electron chi connectivity index (χ0n) is 60.7. The Kier molecular flexibility index (Phi) is 35.7. The van der Waals surface area contributed by atoms with Crippen molar-refractivity contribution < 1.29 is 42.1 Å². The van der Waals surface area contributed by atoms with Crippen LogP contribution in [-0.4, -0.2) is 51.7 Å². The van der Waals surface area contributed by atoms with Gasteiger partial charge >= 0.3 is 42.1 Å². The molecule has 16 aromatic rings. The third-order valence-electron chi connectivity index (χ3n) is 16.4. The van der Waals surface area contributed by atoms with E-state index < -0.39 is 31.7 Å². The largest absolute Gasteiger partial charge is 2.00 e. The van der Waals surface area contributed by atoms with Crippen molar-refractivity contribution in [3.63, 3.8) is 0 Å². The first kappa shape index (κ1) is 84.3. The maximum absolute atomic E-state index is 6.91. The SMILES string of the molecule is [C-]#Cc1ccc(-c2ccccn2)nc1.[C-]#Cc1ccc(-c2ccccn2)nc1.[C-]#Cc1ccc(-c2ccccn2)nc1.[C-]#Cc1ccc(-c2ccccn2)nc1.[Pt+2].[Pt+2].c1ccc(P(CP(c2ccccc2)c2ccccc2)c2ccccc2)cc1.c1ccc(P(CP(c2ccccc2)c2ccccc2)c2ccccc2)cc1. The Balaban J connectivity index is 0.000000158. The van der Waals surface area contributed by atoms with Crippen LogP contribution in [0.2, 0.25) is 0 Å². The third-order valence-corrected chi connectivity index (χ3v) is 28.3. The number of benzene rings is 8. The molecule has 0 aliphatic carbocycles. The van der Waals surface area contributed by atoms with E-state index in [1.165, 1.54) is 54.2 Å². The summed E-state index contributed by atoms with van der Waals surface area (Å²) in [6, 6.07) is 126. The smallest absolute Gasteiger partial charge is 0.366 e. The molecular formula is C98H72N8P4Pt2. The Bertz CT molecular complexity index is 4630. The first-order chi connectivity index (χ1) is 54.4. The van der Waals surface area contributed by atoms with Gasteiger partial charge in [0, 0.05) is 36.6 Å². The monoisotopic (exact) mass is 1870 g/mol. The number of aromatic nitrogens is 8. The predicted molar refractivity (Wildman–Crippen MR) is 461 cm³/mol. The number of rotatable bonds is 16. The molecule has 0 spiro atoms. The van der Waals surface area contributed by atoms with Gasteiger partial charge < -0.3 is 25.7 Å². The minimum absolute atomic E-state index is 0. The zero-order chi connectivity index (χ0) is 75.8.